The quantitative estimate of drug-likeness (QED) is 0.376. The lowest BCUT2D eigenvalue weighted by Gasteiger charge is -2.16. The number of rotatable bonds is 6. The Labute approximate surface area is 205 Å². The highest BCUT2D eigenvalue weighted by molar-refractivity contribution is 7.93. The lowest BCUT2D eigenvalue weighted by atomic mass is 9.99. The van der Waals surface area contributed by atoms with Crippen molar-refractivity contribution in [1.82, 2.24) is 13.9 Å². The standard InChI is InChI=1S/C23H22FN5O4S2/c1-14(16-9-5-4-7-15(16)8-6-10-23(2,3)25)29-18-11-17(24)20(12-19(18)33-22(29)30)35(31,32)28-21-26-13-27-34-21/h4-5,7,9,11-14H,10,25H2,1-3H3,(H,26,27,28)/t14-/m1/s1. The number of anilines is 1. The highest BCUT2D eigenvalue weighted by Crippen LogP contribution is 2.29. The van der Waals surface area contributed by atoms with Crippen molar-refractivity contribution in [1.29, 1.82) is 0 Å². The van der Waals surface area contributed by atoms with Crippen LogP contribution in [0.2, 0.25) is 0 Å². The fourth-order valence-electron chi connectivity index (χ4n) is 3.48. The van der Waals surface area contributed by atoms with Gasteiger partial charge in [0.05, 0.1) is 11.6 Å². The van der Waals surface area contributed by atoms with Gasteiger partial charge in [0, 0.05) is 41.2 Å². The molecule has 0 radical (unpaired) electrons. The van der Waals surface area contributed by atoms with Crippen LogP contribution in [-0.4, -0.2) is 27.9 Å². The molecule has 3 N–H and O–H groups in total. The molecule has 9 nitrogen and oxygen atoms in total. The number of nitrogens with zero attached hydrogens (tertiary/aromatic N) is 3. The number of halogens is 1. The second-order valence-corrected chi connectivity index (χ2v) is 11.0. The van der Waals surface area contributed by atoms with E-state index in [2.05, 4.69) is 25.9 Å². The van der Waals surface area contributed by atoms with E-state index in [0.29, 0.717) is 12.0 Å². The molecule has 0 unspecified atom stereocenters. The Morgan fingerprint density at radius 3 is 2.74 bits per heavy atom. The summed E-state index contributed by atoms with van der Waals surface area (Å²) in [6.45, 7) is 5.50. The first kappa shape index (κ1) is 24.6. The van der Waals surface area contributed by atoms with Crippen molar-refractivity contribution in [3.63, 3.8) is 0 Å². The molecule has 182 valence electrons. The molecule has 0 aliphatic rings. The molecule has 4 aromatic rings. The second kappa shape index (κ2) is 9.26. The third-order valence-corrected chi connectivity index (χ3v) is 7.17. The van der Waals surface area contributed by atoms with Crippen molar-refractivity contribution in [2.75, 3.05) is 4.72 Å². The average molecular weight is 516 g/mol. The Morgan fingerprint density at radius 1 is 1.31 bits per heavy atom. The Balaban J connectivity index is 1.76. The third-order valence-electron chi connectivity index (χ3n) is 5.10. The van der Waals surface area contributed by atoms with Crippen molar-refractivity contribution < 1.29 is 17.2 Å². The summed E-state index contributed by atoms with van der Waals surface area (Å²) in [5, 5.41) is -0.0205. The van der Waals surface area contributed by atoms with E-state index in [1.54, 1.807) is 6.92 Å². The molecule has 4 rings (SSSR count). The number of oxazole rings is 1. The van der Waals surface area contributed by atoms with Gasteiger partial charge in [-0.1, -0.05) is 30.0 Å². The Kier molecular flexibility index (Phi) is 6.50. The highest BCUT2D eigenvalue weighted by Gasteiger charge is 2.26. The second-order valence-electron chi connectivity index (χ2n) is 8.57. The Morgan fingerprint density at radius 2 is 2.06 bits per heavy atom. The van der Waals surface area contributed by atoms with Crippen LogP contribution in [-0.2, 0) is 10.0 Å². The van der Waals surface area contributed by atoms with Crippen LogP contribution in [0, 0.1) is 17.7 Å². The van der Waals surface area contributed by atoms with Gasteiger partial charge in [-0.3, -0.25) is 9.29 Å². The van der Waals surface area contributed by atoms with E-state index in [0.717, 1.165) is 29.2 Å². The summed E-state index contributed by atoms with van der Waals surface area (Å²) in [6, 6.07) is 8.63. The number of fused-ring (bicyclic) bond motifs is 1. The molecule has 2 aromatic heterocycles. The summed E-state index contributed by atoms with van der Waals surface area (Å²) in [7, 11) is -4.33. The summed E-state index contributed by atoms with van der Waals surface area (Å²) in [6.07, 6.45) is 1.64. The maximum atomic E-state index is 15.0. The van der Waals surface area contributed by atoms with Gasteiger partial charge >= 0.3 is 5.76 Å². The first-order chi connectivity index (χ1) is 16.5. The zero-order valence-corrected chi connectivity index (χ0v) is 20.7. The molecule has 0 amide bonds. The highest BCUT2D eigenvalue weighted by atomic mass is 32.2. The van der Waals surface area contributed by atoms with E-state index in [9.17, 15) is 13.2 Å². The van der Waals surface area contributed by atoms with Gasteiger partial charge in [0.15, 0.2) is 5.58 Å². The van der Waals surface area contributed by atoms with Crippen molar-refractivity contribution in [3.05, 3.63) is 70.2 Å². The van der Waals surface area contributed by atoms with Gasteiger partial charge in [0.1, 0.15) is 17.0 Å². The molecule has 12 heteroatoms. The first-order valence-electron chi connectivity index (χ1n) is 10.5. The predicted molar refractivity (Wildman–Crippen MR) is 131 cm³/mol. The minimum atomic E-state index is -4.33. The molecule has 2 heterocycles. The zero-order chi connectivity index (χ0) is 25.4. The molecule has 0 saturated carbocycles. The number of hydrogen-bond acceptors (Lipinski definition) is 8. The van der Waals surface area contributed by atoms with Gasteiger partial charge in [-0.2, -0.15) is 4.37 Å². The molecule has 0 aliphatic carbocycles. The molecule has 0 saturated heterocycles. The fraction of sp³-hybridized carbons (Fsp3) is 0.261. The van der Waals surface area contributed by atoms with Crippen molar-refractivity contribution in [2.45, 2.75) is 43.7 Å². The fourth-order valence-corrected chi connectivity index (χ4v) is 5.21. The van der Waals surface area contributed by atoms with Crippen LogP contribution in [0.4, 0.5) is 9.52 Å². The predicted octanol–water partition coefficient (Wildman–Crippen LogP) is 3.47. The molecule has 0 fully saturated rings. The number of nitrogens with one attached hydrogen (secondary N) is 1. The topological polar surface area (TPSA) is 133 Å². The normalized spacial score (nSPS) is 12.8. The van der Waals surface area contributed by atoms with Crippen LogP contribution >= 0.6 is 11.5 Å². The molecule has 35 heavy (non-hydrogen) atoms. The summed E-state index contributed by atoms with van der Waals surface area (Å²) >= 11 is 0.801. The zero-order valence-electron chi connectivity index (χ0n) is 19.1. The van der Waals surface area contributed by atoms with Crippen LogP contribution < -0.4 is 16.2 Å². The number of sulfonamides is 1. The molecule has 0 bridgehead atoms. The number of benzene rings is 2. The molecule has 2 aromatic carbocycles. The van der Waals surface area contributed by atoms with Crippen molar-refractivity contribution in [2.24, 2.45) is 5.73 Å². The van der Waals surface area contributed by atoms with Crippen LogP contribution in [0.1, 0.15) is 44.4 Å². The summed E-state index contributed by atoms with van der Waals surface area (Å²) in [4.78, 5) is 15.8. The van der Waals surface area contributed by atoms with Gasteiger partial charge in [0.25, 0.3) is 10.0 Å². The van der Waals surface area contributed by atoms with E-state index in [4.69, 9.17) is 10.2 Å². The van der Waals surface area contributed by atoms with E-state index < -0.39 is 38.1 Å². The summed E-state index contributed by atoms with van der Waals surface area (Å²) in [5.41, 5.74) is 6.99. The van der Waals surface area contributed by atoms with Crippen LogP contribution in [0.5, 0.6) is 0 Å². The lowest BCUT2D eigenvalue weighted by molar-refractivity contribution is 0.489. The molecule has 0 spiro atoms. The average Bonchev–Trinajstić information content (AvgIpc) is 3.38. The smallest absolute Gasteiger partial charge is 0.408 e. The van der Waals surface area contributed by atoms with Crippen molar-refractivity contribution in [3.8, 4) is 11.8 Å². The number of hydrogen-bond donors (Lipinski definition) is 2. The lowest BCUT2D eigenvalue weighted by Crippen LogP contribution is -2.30. The van der Waals surface area contributed by atoms with Crippen LogP contribution in [0.15, 0.2) is 56.8 Å². The number of nitrogens with two attached hydrogens (primary N) is 1. The van der Waals surface area contributed by atoms with Crippen molar-refractivity contribution >= 4 is 37.8 Å². The van der Waals surface area contributed by atoms with Gasteiger partial charge in [0.2, 0.25) is 5.13 Å². The van der Waals surface area contributed by atoms with Gasteiger partial charge < -0.3 is 10.2 Å². The molecule has 1 atom stereocenters. The summed E-state index contributed by atoms with van der Waals surface area (Å²) in [5.74, 6) is 4.34. The molecule has 0 aliphatic heterocycles. The third kappa shape index (κ3) is 5.27. The molecular weight excluding hydrogens is 493 g/mol. The minimum Gasteiger partial charge on any atom is -0.408 e. The minimum absolute atomic E-state index is 0.0205. The monoisotopic (exact) mass is 515 g/mol. The SMILES string of the molecule is C[C@H](c1ccccc1C#CCC(C)(C)N)n1c(=O)oc2cc(S(=O)(=O)Nc3ncns3)c(F)cc21. The van der Waals surface area contributed by atoms with Crippen LogP contribution in [0.3, 0.4) is 0 Å². The van der Waals surface area contributed by atoms with E-state index in [1.165, 1.54) is 10.9 Å². The van der Waals surface area contributed by atoms with E-state index >= 15 is 4.39 Å². The Bertz CT molecular complexity index is 1610. The van der Waals surface area contributed by atoms with Crippen LogP contribution in [0.25, 0.3) is 11.1 Å². The Hall–Kier alpha value is -3.53. The summed E-state index contributed by atoms with van der Waals surface area (Å²) < 4.78 is 52.8. The van der Waals surface area contributed by atoms with E-state index in [-0.39, 0.29) is 16.2 Å². The van der Waals surface area contributed by atoms with Gasteiger partial charge in [-0.25, -0.2) is 22.6 Å². The van der Waals surface area contributed by atoms with E-state index in [1.807, 2.05) is 38.1 Å². The largest absolute Gasteiger partial charge is 0.420 e. The van der Waals surface area contributed by atoms with Gasteiger partial charge in [-0.15, -0.1) is 0 Å². The maximum absolute atomic E-state index is 15.0. The maximum Gasteiger partial charge on any atom is 0.420 e. The number of aromatic nitrogens is 3. The molecular formula is C23H22FN5O4S2. The van der Waals surface area contributed by atoms with Gasteiger partial charge in [-0.05, 0) is 32.4 Å². The first-order valence-corrected chi connectivity index (χ1v) is 12.7.